The molecule has 0 radical (unpaired) electrons. The van der Waals surface area contributed by atoms with E-state index in [0.29, 0.717) is 0 Å². The van der Waals surface area contributed by atoms with Crippen LogP contribution in [0.1, 0.15) is 40.0 Å². The molecule has 9 rings (SSSR count). The molecule has 6 aromatic carbocycles. The quantitative estimate of drug-likeness (QED) is 0.183. The summed E-state index contributed by atoms with van der Waals surface area (Å²) in [4.78, 5) is 4.88. The van der Waals surface area contributed by atoms with Crippen LogP contribution in [0.3, 0.4) is 0 Å². The molecule has 2 aliphatic heterocycles. The highest BCUT2D eigenvalue weighted by Gasteiger charge is 2.24. The molecule has 0 fully saturated rings. The summed E-state index contributed by atoms with van der Waals surface area (Å²) in [7, 11) is 0. The molecule has 0 spiro atoms. The molecule has 1 aromatic heterocycles. The van der Waals surface area contributed by atoms with Crippen LogP contribution in [0, 0.1) is 0 Å². The molecule has 5 heteroatoms. The fourth-order valence-corrected chi connectivity index (χ4v) is 6.95. The van der Waals surface area contributed by atoms with Gasteiger partial charge in [-0.15, -0.1) is 0 Å². The molecule has 0 saturated carbocycles. The van der Waals surface area contributed by atoms with Gasteiger partial charge in [0.15, 0.2) is 0 Å². The Bertz CT molecular complexity index is 2240. The van der Waals surface area contributed by atoms with Gasteiger partial charge in [-0.3, -0.25) is 5.32 Å². The molecule has 2 unspecified atom stereocenters. The van der Waals surface area contributed by atoms with E-state index in [2.05, 4.69) is 172 Å². The van der Waals surface area contributed by atoms with Gasteiger partial charge in [0.1, 0.15) is 12.0 Å². The zero-order valence-corrected chi connectivity index (χ0v) is 25.8. The summed E-state index contributed by atoms with van der Waals surface area (Å²) >= 11 is 0. The van der Waals surface area contributed by atoms with Gasteiger partial charge in [-0.2, -0.15) is 0 Å². The van der Waals surface area contributed by atoms with Gasteiger partial charge in [0.2, 0.25) is 0 Å². The lowest BCUT2D eigenvalue weighted by Crippen LogP contribution is -2.39. The molecule has 3 N–H and O–H groups in total. The Morgan fingerprint density at radius 2 is 1.21 bits per heavy atom. The normalized spacial score (nSPS) is 17.4. The molecule has 3 heterocycles. The van der Waals surface area contributed by atoms with E-state index < -0.39 is 0 Å². The Balaban J connectivity index is 1.06. The molecule has 0 bridgehead atoms. The number of rotatable bonds is 5. The maximum absolute atomic E-state index is 4.88. The Morgan fingerprint density at radius 3 is 1.96 bits per heavy atom. The third-order valence-electron chi connectivity index (χ3n) is 9.34. The lowest BCUT2D eigenvalue weighted by Gasteiger charge is -2.33. The van der Waals surface area contributed by atoms with Crippen LogP contribution in [-0.2, 0) is 6.54 Å². The van der Waals surface area contributed by atoms with Gasteiger partial charge in [-0.25, -0.2) is 4.99 Å². The van der Waals surface area contributed by atoms with Crippen molar-refractivity contribution < 1.29 is 0 Å². The highest BCUT2D eigenvalue weighted by Crippen LogP contribution is 2.34. The van der Waals surface area contributed by atoms with E-state index in [4.69, 9.17) is 4.99 Å². The first-order chi connectivity index (χ1) is 23.3. The van der Waals surface area contributed by atoms with E-state index in [1.54, 1.807) is 0 Å². The Morgan fingerprint density at radius 1 is 0.574 bits per heavy atom. The first-order valence-electron chi connectivity index (χ1n) is 16.2. The molecule has 2 aliphatic rings. The molecule has 2 atom stereocenters. The standard InChI is InChI=1S/C42H33N5/c1-2-10-30(11-3-1)42-45-37(28-18-20-31(21-19-28)41-43-27-32-12-4-7-15-36(32)44-41)26-38(46-42)29-22-24-33(25-23-29)47-39-16-8-5-13-34(39)35-14-6-9-17-40(35)47/h1-26,38,42,45-46H,27H2,(H,43,44). The smallest absolute Gasteiger partial charge is 0.134 e. The highest BCUT2D eigenvalue weighted by atomic mass is 15.2. The summed E-state index contributed by atoms with van der Waals surface area (Å²) in [5.41, 5.74) is 11.6. The second kappa shape index (κ2) is 11.5. The van der Waals surface area contributed by atoms with Crippen LogP contribution < -0.4 is 16.0 Å². The van der Waals surface area contributed by atoms with Gasteiger partial charge in [-0.05, 0) is 58.7 Å². The predicted molar refractivity (Wildman–Crippen MR) is 193 cm³/mol. The zero-order chi connectivity index (χ0) is 31.2. The Labute approximate surface area is 273 Å². The maximum atomic E-state index is 4.88. The van der Waals surface area contributed by atoms with E-state index >= 15 is 0 Å². The van der Waals surface area contributed by atoms with E-state index in [1.807, 2.05) is 6.07 Å². The van der Waals surface area contributed by atoms with E-state index in [0.717, 1.165) is 40.6 Å². The largest absolute Gasteiger partial charge is 0.366 e. The first kappa shape index (κ1) is 27.4. The molecule has 47 heavy (non-hydrogen) atoms. The minimum Gasteiger partial charge on any atom is -0.366 e. The fraction of sp³-hybridized carbons (Fsp3) is 0.0714. The number of nitrogens with zero attached hydrogens (tertiary/aromatic N) is 2. The van der Waals surface area contributed by atoms with Gasteiger partial charge >= 0.3 is 0 Å². The Kier molecular flexibility index (Phi) is 6.69. The van der Waals surface area contributed by atoms with Crippen LogP contribution in [0.5, 0.6) is 0 Å². The Hall–Kier alpha value is -5.91. The highest BCUT2D eigenvalue weighted by molar-refractivity contribution is 6.09. The maximum Gasteiger partial charge on any atom is 0.134 e. The third kappa shape index (κ3) is 4.98. The molecule has 7 aromatic rings. The van der Waals surface area contributed by atoms with Crippen molar-refractivity contribution in [2.24, 2.45) is 4.99 Å². The number of benzene rings is 6. The van der Waals surface area contributed by atoms with Gasteiger partial charge in [0.25, 0.3) is 0 Å². The molecule has 0 aliphatic carbocycles. The molecule has 226 valence electrons. The molecule has 5 nitrogen and oxygen atoms in total. The van der Waals surface area contributed by atoms with Crippen LogP contribution in [0.15, 0.2) is 163 Å². The van der Waals surface area contributed by atoms with Crippen LogP contribution in [0.2, 0.25) is 0 Å². The van der Waals surface area contributed by atoms with Gasteiger partial charge in [0.05, 0.1) is 22.8 Å². The molecular formula is C42H33N5. The van der Waals surface area contributed by atoms with Crippen molar-refractivity contribution >= 4 is 39.0 Å². The lowest BCUT2D eigenvalue weighted by atomic mass is 9.97. The van der Waals surface area contributed by atoms with Crippen molar-refractivity contribution in [3.63, 3.8) is 0 Å². The minimum absolute atomic E-state index is 0.0178. The second-order valence-electron chi connectivity index (χ2n) is 12.2. The van der Waals surface area contributed by atoms with Crippen LogP contribution in [-0.4, -0.2) is 10.4 Å². The van der Waals surface area contributed by atoms with Crippen molar-refractivity contribution in [1.29, 1.82) is 0 Å². The van der Waals surface area contributed by atoms with Crippen LogP contribution in [0.4, 0.5) is 5.69 Å². The summed E-state index contributed by atoms with van der Waals surface area (Å²) in [6.07, 6.45) is 2.26. The summed E-state index contributed by atoms with van der Waals surface area (Å²) in [6, 6.07) is 53.9. The number of hydrogen-bond donors (Lipinski definition) is 3. The lowest BCUT2D eigenvalue weighted by molar-refractivity contribution is 0.442. The summed E-state index contributed by atoms with van der Waals surface area (Å²) in [6.45, 7) is 0.783. The first-order valence-corrected chi connectivity index (χ1v) is 16.2. The van der Waals surface area contributed by atoms with Crippen LogP contribution >= 0.6 is 0 Å². The van der Waals surface area contributed by atoms with E-state index in [9.17, 15) is 0 Å². The summed E-state index contributed by atoms with van der Waals surface area (Å²) in [5, 5.41) is 13.7. The average molecular weight is 608 g/mol. The van der Waals surface area contributed by atoms with Crippen LogP contribution in [0.25, 0.3) is 33.2 Å². The number of para-hydroxylation sites is 3. The number of hydrogen-bond acceptors (Lipinski definition) is 4. The van der Waals surface area contributed by atoms with Crippen molar-refractivity contribution in [3.05, 3.63) is 186 Å². The van der Waals surface area contributed by atoms with Gasteiger partial charge < -0.3 is 15.2 Å². The monoisotopic (exact) mass is 607 g/mol. The van der Waals surface area contributed by atoms with E-state index in [-0.39, 0.29) is 12.2 Å². The van der Waals surface area contributed by atoms with Crippen molar-refractivity contribution in [2.75, 3.05) is 0 Å². The minimum atomic E-state index is -0.0428. The number of nitrogens with one attached hydrogen (secondary N) is 3. The number of fused-ring (bicyclic) bond motifs is 4. The van der Waals surface area contributed by atoms with E-state index in [1.165, 1.54) is 38.5 Å². The van der Waals surface area contributed by atoms with Crippen molar-refractivity contribution in [1.82, 2.24) is 20.5 Å². The van der Waals surface area contributed by atoms with Crippen molar-refractivity contribution in [3.8, 4) is 5.69 Å². The number of amidine groups is 1. The van der Waals surface area contributed by atoms with Gasteiger partial charge in [0, 0.05) is 34.3 Å². The molecule has 0 saturated heterocycles. The topological polar surface area (TPSA) is 53.4 Å². The molecule has 0 amide bonds. The SMILES string of the molecule is C1=C(c2ccc(C3=Nc4ccccc4CN3)cc2)NC(c2ccccc2)NC1c1ccc(-n2c3ccccc3c3ccccc32)cc1. The third-order valence-corrected chi connectivity index (χ3v) is 9.34. The second-order valence-corrected chi connectivity index (χ2v) is 12.2. The average Bonchev–Trinajstić information content (AvgIpc) is 3.49. The predicted octanol–water partition coefficient (Wildman–Crippen LogP) is 8.94. The summed E-state index contributed by atoms with van der Waals surface area (Å²) < 4.78 is 2.37. The fourth-order valence-electron chi connectivity index (χ4n) is 6.95. The number of aromatic nitrogens is 1. The number of aliphatic imine (C=N–C) groups is 1. The molecular weight excluding hydrogens is 574 g/mol. The zero-order valence-electron chi connectivity index (χ0n) is 25.8. The summed E-state index contributed by atoms with van der Waals surface area (Å²) in [5.74, 6) is 0.908. The van der Waals surface area contributed by atoms with Crippen molar-refractivity contribution in [2.45, 2.75) is 18.8 Å². The van der Waals surface area contributed by atoms with Gasteiger partial charge in [-0.1, -0.05) is 121 Å².